The molecule has 2 N–H and O–H groups in total. The van der Waals surface area contributed by atoms with Gasteiger partial charge in [-0.05, 0) is 34.1 Å². The van der Waals surface area contributed by atoms with E-state index in [1.165, 1.54) is 13.3 Å². The predicted octanol–water partition coefficient (Wildman–Crippen LogP) is 2.37. The molecule has 0 spiro atoms. The minimum atomic E-state index is -0.422. The Hall–Kier alpha value is -1.62. The quantitative estimate of drug-likeness (QED) is 0.643. The molecule has 1 heterocycles. The summed E-state index contributed by atoms with van der Waals surface area (Å²) in [7, 11) is 1.33. The van der Waals surface area contributed by atoms with E-state index in [-0.39, 0.29) is 0 Å². The van der Waals surface area contributed by atoms with Crippen LogP contribution in [0.4, 0.5) is 5.69 Å². The highest BCUT2D eigenvalue weighted by Crippen LogP contribution is 2.27. The summed E-state index contributed by atoms with van der Waals surface area (Å²) < 4.78 is 5.46. The first kappa shape index (κ1) is 10.9. The number of nitrogen functional groups attached to an aromatic ring is 1. The number of nitrogens with zero attached hydrogens (tertiary/aromatic N) is 1. The number of halogens is 1. The van der Waals surface area contributed by atoms with Crippen LogP contribution in [0.25, 0.3) is 10.9 Å². The van der Waals surface area contributed by atoms with E-state index < -0.39 is 5.97 Å². The molecule has 0 atom stereocenters. The van der Waals surface area contributed by atoms with Crippen molar-refractivity contribution in [2.45, 2.75) is 0 Å². The number of carbonyl (C=O) groups excluding carboxylic acids is 1. The third kappa shape index (κ3) is 1.74. The number of aromatic nitrogens is 1. The smallest absolute Gasteiger partial charge is 0.339 e. The van der Waals surface area contributed by atoms with Crippen LogP contribution in [0.15, 0.2) is 28.9 Å². The van der Waals surface area contributed by atoms with Gasteiger partial charge < -0.3 is 10.5 Å². The highest BCUT2D eigenvalue weighted by atomic mass is 79.9. The normalized spacial score (nSPS) is 10.4. The van der Waals surface area contributed by atoms with Crippen molar-refractivity contribution in [1.82, 2.24) is 4.98 Å². The minimum absolute atomic E-state index is 0.389. The Bertz CT molecular complexity index is 569. The fraction of sp³-hybridized carbons (Fsp3) is 0.0909. The van der Waals surface area contributed by atoms with Crippen molar-refractivity contribution in [3.05, 3.63) is 34.4 Å². The maximum Gasteiger partial charge on any atom is 0.339 e. The Morgan fingerprint density at radius 1 is 1.50 bits per heavy atom. The fourth-order valence-corrected chi connectivity index (χ4v) is 1.88. The Balaban J connectivity index is 2.70. The van der Waals surface area contributed by atoms with Gasteiger partial charge in [0.1, 0.15) is 0 Å². The summed E-state index contributed by atoms with van der Waals surface area (Å²) in [5, 5.41) is 0.734. The molecule has 0 fully saturated rings. The summed E-state index contributed by atoms with van der Waals surface area (Å²) in [4.78, 5) is 15.5. The van der Waals surface area contributed by atoms with Gasteiger partial charge in [0.15, 0.2) is 0 Å². The first-order chi connectivity index (χ1) is 7.63. The number of fused-ring (bicyclic) bond motifs is 1. The van der Waals surface area contributed by atoms with Crippen LogP contribution in [0.3, 0.4) is 0 Å². The molecule has 0 amide bonds. The van der Waals surface area contributed by atoms with Crippen LogP contribution in [-0.4, -0.2) is 18.1 Å². The van der Waals surface area contributed by atoms with E-state index in [1.807, 2.05) is 6.07 Å². The van der Waals surface area contributed by atoms with E-state index in [1.54, 1.807) is 12.1 Å². The molecule has 0 radical (unpaired) electrons. The number of pyridine rings is 1. The lowest BCUT2D eigenvalue weighted by atomic mass is 10.1. The van der Waals surface area contributed by atoms with E-state index >= 15 is 0 Å². The number of methoxy groups -OCH3 is 1. The van der Waals surface area contributed by atoms with Gasteiger partial charge in [-0.15, -0.1) is 0 Å². The molecule has 82 valence electrons. The predicted molar refractivity (Wildman–Crippen MR) is 65.2 cm³/mol. The highest BCUT2D eigenvalue weighted by molar-refractivity contribution is 9.10. The Labute approximate surface area is 101 Å². The van der Waals surface area contributed by atoms with E-state index in [0.717, 1.165) is 15.4 Å². The van der Waals surface area contributed by atoms with Gasteiger partial charge in [0.05, 0.1) is 18.2 Å². The number of rotatable bonds is 1. The number of esters is 1. The average molecular weight is 281 g/mol. The summed E-state index contributed by atoms with van der Waals surface area (Å²) in [6.07, 6.45) is 1.47. The molecule has 16 heavy (non-hydrogen) atoms. The van der Waals surface area contributed by atoms with E-state index in [0.29, 0.717) is 11.3 Å². The largest absolute Gasteiger partial charge is 0.465 e. The SMILES string of the molecule is COC(=O)c1cnc2c(Br)ccc(N)c2c1. The molecule has 0 saturated heterocycles. The molecule has 0 aliphatic heterocycles. The molecule has 1 aromatic carbocycles. The number of nitrogens with two attached hydrogens (primary N) is 1. The van der Waals surface area contributed by atoms with E-state index in [2.05, 4.69) is 25.7 Å². The lowest BCUT2D eigenvalue weighted by Gasteiger charge is -2.05. The second kappa shape index (κ2) is 4.09. The molecule has 4 nitrogen and oxygen atoms in total. The number of benzene rings is 1. The van der Waals surface area contributed by atoms with Crippen LogP contribution in [0.2, 0.25) is 0 Å². The summed E-state index contributed by atoms with van der Waals surface area (Å²) >= 11 is 3.38. The molecule has 0 aliphatic carbocycles. The molecule has 0 saturated carbocycles. The van der Waals surface area contributed by atoms with Crippen molar-refractivity contribution in [2.24, 2.45) is 0 Å². The number of ether oxygens (including phenoxy) is 1. The maximum atomic E-state index is 11.3. The summed E-state index contributed by atoms with van der Waals surface area (Å²) in [5.41, 5.74) is 7.52. The third-order valence-corrected chi connectivity index (χ3v) is 2.90. The van der Waals surface area contributed by atoms with Crippen LogP contribution in [0.5, 0.6) is 0 Å². The number of anilines is 1. The summed E-state index contributed by atoms with van der Waals surface area (Å²) in [6.45, 7) is 0. The van der Waals surface area contributed by atoms with Gasteiger partial charge >= 0.3 is 5.97 Å². The van der Waals surface area contributed by atoms with Crippen LogP contribution >= 0.6 is 15.9 Å². The molecule has 2 aromatic rings. The van der Waals surface area contributed by atoms with Crippen molar-refractivity contribution < 1.29 is 9.53 Å². The summed E-state index contributed by atoms with van der Waals surface area (Å²) in [5.74, 6) is -0.422. The summed E-state index contributed by atoms with van der Waals surface area (Å²) in [6, 6.07) is 5.26. The van der Waals surface area contributed by atoms with Gasteiger partial charge in [-0.3, -0.25) is 4.98 Å². The first-order valence-corrected chi connectivity index (χ1v) is 5.35. The lowest BCUT2D eigenvalue weighted by Crippen LogP contribution is -2.02. The number of carbonyl (C=O) groups is 1. The average Bonchev–Trinajstić information content (AvgIpc) is 2.32. The Morgan fingerprint density at radius 3 is 2.94 bits per heavy atom. The third-order valence-electron chi connectivity index (χ3n) is 2.26. The molecule has 5 heteroatoms. The van der Waals surface area contributed by atoms with E-state index in [4.69, 9.17) is 5.73 Å². The molecule has 0 bridgehead atoms. The van der Waals surface area contributed by atoms with Crippen molar-refractivity contribution >= 4 is 38.5 Å². The van der Waals surface area contributed by atoms with Crippen molar-refractivity contribution in [2.75, 3.05) is 12.8 Å². The zero-order valence-electron chi connectivity index (χ0n) is 8.53. The van der Waals surface area contributed by atoms with Gasteiger partial charge in [0.2, 0.25) is 0 Å². The Kier molecular flexibility index (Phi) is 2.78. The number of hydrogen-bond acceptors (Lipinski definition) is 4. The Morgan fingerprint density at radius 2 is 2.25 bits per heavy atom. The van der Waals surface area contributed by atoms with Crippen LogP contribution in [0.1, 0.15) is 10.4 Å². The van der Waals surface area contributed by atoms with Crippen LogP contribution in [-0.2, 0) is 4.74 Å². The van der Waals surface area contributed by atoms with Gasteiger partial charge in [-0.25, -0.2) is 4.79 Å². The van der Waals surface area contributed by atoms with Crippen molar-refractivity contribution in [3.63, 3.8) is 0 Å². The van der Waals surface area contributed by atoms with Crippen LogP contribution in [0, 0.1) is 0 Å². The molecule has 1 aromatic heterocycles. The molecular formula is C11H9BrN2O2. The molecule has 0 unspecified atom stereocenters. The second-order valence-electron chi connectivity index (χ2n) is 3.25. The molecular weight excluding hydrogens is 272 g/mol. The standard InChI is InChI=1S/C11H9BrN2O2/c1-16-11(15)6-4-7-9(13)3-2-8(12)10(7)14-5-6/h2-5H,13H2,1H3. The fourth-order valence-electron chi connectivity index (χ4n) is 1.44. The molecule has 2 rings (SSSR count). The zero-order chi connectivity index (χ0) is 11.7. The zero-order valence-corrected chi connectivity index (χ0v) is 10.1. The van der Waals surface area contributed by atoms with Crippen molar-refractivity contribution in [1.29, 1.82) is 0 Å². The van der Waals surface area contributed by atoms with E-state index in [9.17, 15) is 4.79 Å². The monoisotopic (exact) mass is 280 g/mol. The van der Waals surface area contributed by atoms with Crippen molar-refractivity contribution in [3.8, 4) is 0 Å². The van der Waals surface area contributed by atoms with Gasteiger partial charge in [0, 0.05) is 21.7 Å². The van der Waals surface area contributed by atoms with Gasteiger partial charge in [0.25, 0.3) is 0 Å². The lowest BCUT2D eigenvalue weighted by molar-refractivity contribution is 0.0600. The minimum Gasteiger partial charge on any atom is -0.465 e. The topological polar surface area (TPSA) is 65.2 Å². The molecule has 0 aliphatic rings. The highest BCUT2D eigenvalue weighted by Gasteiger charge is 2.10. The second-order valence-corrected chi connectivity index (χ2v) is 4.10. The number of hydrogen-bond donors (Lipinski definition) is 1. The van der Waals surface area contributed by atoms with Crippen LogP contribution < -0.4 is 5.73 Å². The maximum absolute atomic E-state index is 11.3. The first-order valence-electron chi connectivity index (χ1n) is 4.55. The van der Waals surface area contributed by atoms with Gasteiger partial charge in [-0.1, -0.05) is 0 Å². The van der Waals surface area contributed by atoms with Gasteiger partial charge in [-0.2, -0.15) is 0 Å².